The molecule has 2 aromatic heterocycles. The number of fused-ring (bicyclic) bond motifs is 3. The Balaban J connectivity index is 2.18. The van der Waals surface area contributed by atoms with E-state index in [4.69, 9.17) is 16.7 Å². The Bertz CT molecular complexity index is 822. The van der Waals surface area contributed by atoms with Gasteiger partial charge in [0.1, 0.15) is 18.3 Å². The summed E-state index contributed by atoms with van der Waals surface area (Å²) in [5.41, 5.74) is 1.18. The maximum absolute atomic E-state index is 10.2. The Kier molecular flexibility index (Phi) is 3.98. The van der Waals surface area contributed by atoms with E-state index in [-0.39, 0.29) is 5.82 Å². The molecule has 0 bridgehead atoms. The van der Waals surface area contributed by atoms with Gasteiger partial charge in [-0.05, 0) is 30.3 Å². The van der Waals surface area contributed by atoms with Crippen LogP contribution in [0.2, 0.25) is 5.02 Å². The minimum Gasteiger partial charge on any atom is -0.394 e. The van der Waals surface area contributed by atoms with Crippen LogP contribution in [0.25, 0.3) is 16.6 Å². The summed E-state index contributed by atoms with van der Waals surface area (Å²) in [4.78, 5) is 0. The van der Waals surface area contributed by atoms with E-state index in [0.717, 1.165) is 5.39 Å². The van der Waals surface area contributed by atoms with Crippen molar-refractivity contribution in [3.8, 4) is 0 Å². The van der Waals surface area contributed by atoms with Gasteiger partial charge in [-0.1, -0.05) is 11.6 Å². The van der Waals surface area contributed by atoms with Crippen molar-refractivity contribution in [2.45, 2.75) is 18.3 Å². The standard InChI is InChI=1S/C14H14ClN3O4/c15-8-2-3-9-7(5-8)1-4-11-16-17-14(18(9)11)13(22)12(21)10(20)6-19/h1-5,10,12-13,19-22H,6H2/t10-,12-,13+/m1/s1. The van der Waals surface area contributed by atoms with E-state index in [1.165, 1.54) is 0 Å². The Morgan fingerprint density at radius 3 is 2.59 bits per heavy atom. The van der Waals surface area contributed by atoms with Crippen LogP contribution in [0.5, 0.6) is 0 Å². The van der Waals surface area contributed by atoms with E-state index in [9.17, 15) is 15.3 Å². The molecule has 7 nitrogen and oxygen atoms in total. The van der Waals surface area contributed by atoms with Crippen LogP contribution in [-0.4, -0.2) is 53.8 Å². The molecule has 0 amide bonds. The fourth-order valence-electron chi connectivity index (χ4n) is 2.35. The van der Waals surface area contributed by atoms with Crippen molar-refractivity contribution in [1.29, 1.82) is 0 Å². The van der Waals surface area contributed by atoms with Gasteiger partial charge in [-0.15, -0.1) is 10.2 Å². The molecule has 0 aliphatic carbocycles. The lowest BCUT2D eigenvalue weighted by molar-refractivity contribution is -0.0805. The molecule has 1 aromatic carbocycles. The summed E-state index contributed by atoms with van der Waals surface area (Å²) in [5.74, 6) is 0.0722. The largest absolute Gasteiger partial charge is 0.394 e. The molecule has 3 atom stereocenters. The van der Waals surface area contributed by atoms with Crippen LogP contribution in [0.3, 0.4) is 0 Å². The average Bonchev–Trinajstić information content (AvgIpc) is 2.96. The minimum absolute atomic E-state index is 0.0722. The molecule has 0 spiro atoms. The molecule has 0 aliphatic heterocycles. The molecule has 0 aliphatic rings. The topological polar surface area (TPSA) is 111 Å². The number of aliphatic hydroxyl groups is 4. The van der Waals surface area contributed by atoms with E-state index in [1.807, 2.05) is 6.07 Å². The average molecular weight is 324 g/mol. The van der Waals surface area contributed by atoms with Crippen LogP contribution in [-0.2, 0) is 0 Å². The second-order valence-corrected chi connectivity index (χ2v) is 5.41. The van der Waals surface area contributed by atoms with Crippen LogP contribution in [0.4, 0.5) is 0 Å². The predicted octanol–water partition coefficient (Wildman–Crippen LogP) is 0.283. The number of halogens is 1. The van der Waals surface area contributed by atoms with Gasteiger partial charge in [0.2, 0.25) is 0 Å². The lowest BCUT2D eigenvalue weighted by Gasteiger charge is -2.20. The van der Waals surface area contributed by atoms with Gasteiger partial charge in [0.05, 0.1) is 12.1 Å². The molecular formula is C14H14ClN3O4. The Morgan fingerprint density at radius 2 is 1.86 bits per heavy atom. The zero-order valence-corrected chi connectivity index (χ0v) is 12.1. The van der Waals surface area contributed by atoms with Gasteiger partial charge >= 0.3 is 0 Å². The number of hydrogen-bond donors (Lipinski definition) is 4. The fourth-order valence-corrected chi connectivity index (χ4v) is 2.53. The number of rotatable bonds is 4. The van der Waals surface area contributed by atoms with Gasteiger partial charge < -0.3 is 20.4 Å². The molecule has 3 rings (SSSR count). The monoisotopic (exact) mass is 323 g/mol. The quantitative estimate of drug-likeness (QED) is 0.549. The minimum atomic E-state index is -1.58. The summed E-state index contributed by atoms with van der Waals surface area (Å²) in [6, 6.07) is 8.72. The van der Waals surface area contributed by atoms with Gasteiger partial charge in [-0.3, -0.25) is 4.40 Å². The number of aromatic nitrogens is 3. The first kappa shape index (κ1) is 15.1. The highest BCUT2D eigenvalue weighted by atomic mass is 35.5. The summed E-state index contributed by atoms with van der Waals surface area (Å²) in [7, 11) is 0. The van der Waals surface area contributed by atoms with Crippen LogP contribution < -0.4 is 0 Å². The van der Waals surface area contributed by atoms with E-state index in [1.54, 1.807) is 28.7 Å². The van der Waals surface area contributed by atoms with Crippen molar-refractivity contribution < 1.29 is 20.4 Å². The third kappa shape index (κ3) is 2.43. The molecule has 4 N–H and O–H groups in total. The molecule has 116 valence electrons. The molecule has 0 fully saturated rings. The summed E-state index contributed by atoms with van der Waals surface area (Å²) in [5, 5.41) is 47.7. The summed E-state index contributed by atoms with van der Waals surface area (Å²) in [6.07, 6.45) is -4.56. The fraction of sp³-hybridized carbons (Fsp3) is 0.286. The second-order valence-electron chi connectivity index (χ2n) is 4.97. The molecular weight excluding hydrogens is 310 g/mol. The van der Waals surface area contributed by atoms with Gasteiger partial charge in [0, 0.05) is 10.4 Å². The maximum Gasteiger partial charge on any atom is 0.169 e. The van der Waals surface area contributed by atoms with Gasteiger partial charge in [-0.25, -0.2) is 0 Å². The number of aliphatic hydroxyl groups excluding tert-OH is 4. The van der Waals surface area contributed by atoms with Gasteiger partial charge in [0.15, 0.2) is 11.5 Å². The molecule has 22 heavy (non-hydrogen) atoms. The molecule has 8 heteroatoms. The molecule has 0 unspecified atom stereocenters. The molecule has 0 saturated carbocycles. The van der Waals surface area contributed by atoms with Crippen molar-refractivity contribution in [1.82, 2.24) is 14.6 Å². The van der Waals surface area contributed by atoms with Crippen LogP contribution in [0.1, 0.15) is 11.9 Å². The zero-order chi connectivity index (χ0) is 15.9. The summed E-state index contributed by atoms with van der Waals surface area (Å²) in [6.45, 7) is -0.675. The smallest absolute Gasteiger partial charge is 0.169 e. The van der Waals surface area contributed by atoms with E-state index < -0.39 is 24.9 Å². The van der Waals surface area contributed by atoms with Crippen LogP contribution >= 0.6 is 11.6 Å². The van der Waals surface area contributed by atoms with Crippen LogP contribution in [0, 0.1) is 0 Å². The maximum atomic E-state index is 10.2. The lowest BCUT2D eigenvalue weighted by atomic mass is 10.1. The van der Waals surface area contributed by atoms with Crippen molar-refractivity contribution in [3.63, 3.8) is 0 Å². The molecule has 2 heterocycles. The highest BCUT2D eigenvalue weighted by molar-refractivity contribution is 6.31. The number of nitrogens with zero attached hydrogens (tertiary/aromatic N) is 3. The van der Waals surface area contributed by atoms with Crippen molar-refractivity contribution in [2.24, 2.45) is 0 Å². The normalized spacial score (nSPS) is 16.0. The highest BCUT2D eigenvalue weighted by Crippen LogP contribution is 2.25. The van der Waals surface area contributed by atoms with E-state index in [0.29, 0.717) is 16.2 Å². The first-order valence-electron chi connectivity index (χ1n) is 6.61. The second kappa shape index (κ2) is 5.79. The number of benzene rings is 1. The third-order valence-corrected chi connectivity index (χ3v) is 3.76. The van der Waals surface area contributed by atoms with E-state index in [2.05, 4.69) is 10.2 Å². The lowest BCUT2D eigenvalue weighted by Crippen LogP contribution is -2.35. The number of pyridine rings is 1. The first-order chi connectivity index (χ1) is 10.5. The molecule has 0 radical (unpaired) electrons. The third-order valence-electron chi connectivity index (χ3n) is 3.52. The SMILES string of the molecule is OC[C@@H](O)[C@@H](O)[C@H](O)c1nnc2ccc3cc(Cl)ccc3n12. The summed E-state index contributed by atoms with van der Waals surface area (Å²) < 4.78 is 1.57. The Labute approximate surface area is 130 Å². The van der Waals surface area contributed by atoms with Crippen molar-refractivity contribution >= 4 is 28.2 Å². The predicted molar refractivity (Wildman–Crippen MR) is 79.6 cm³/mol. The van der Waals surface area contributed by atoms with Crippen LogP contribution in [0.15, 0.2) is 30.3 Å². The van der Waals surface area contributed by atoms with E-state index >= 15 is 0 Å². The Morgan fingerprint density at radius 1 is 1.09 bits per heavy atom. The molecule has 0 saturated heterocycles. The summed E-state index contributed by atoms with van der Waals surface area (Å²) >= 11 is 5.97. The highest BCUT2D eigenvalue weighted by Gasteiger charge is 2.29. The zero-order valence-electron chi connectivity index (χ0n) is 11.3. The van der Waals surface area contributed by atoms with Crippen molar-refractivity contribution in [2.75, 3.05) is 6.61 Å². The molecule has 3 aromatic rings. The first-order valence-corrected chi connectivity index (χ1v) is 6.99. The Hall–Kier alpha value is -1.77. The number of hydrogen-bond acceptors (Lipinski definition) is 6. The van der Waals surface area contributed by atoms with Crippen molar-refractivity contribution in [3.05, 3.63) is 41.2 Å². The van der Waals surface area contributed by atoms with Gasteiger partial charge in [0.25, 0.3) is 0 Å². The van der Waals surface area contributed by atoms with Gasteiger partial charge in [-0.2, -0.15) is 0 Å².